The van der Waals surface area contributed by atoms with Crippen molar-refractivity contribution in [1.82, 2.24) is 5.32 Å². The third-order valence-electron chi connectivity index (χ3n) is 4.18. The second-order valence-corrected chi connectivity index (χ2v) is 6.34. The van der Waals surface area contributed by atoms with E-state index in [2.05, 4.69) is 5.32 Å². The number of carbonyl (C=O) groups is 1. The van der Waals surface area contributed by atoms with E-state index in [1.165, 1.54) is 0 Å². The zero-order chi connectivity index (χ0) is 16.9. The molecule has 0 aromatic heterocycles. The number of halogens is 1. The van der Waals surface area contributed by atoms with Crippen LogP contribution in [0, 0.1) is 5.92 Å². The van der Waals surface area contributed by atoms with Crippen LogP contribution in [0.4, 0.5) is 0 Å². The van der Waals surface area contributed by atoms with Crippen molar-refractivity contribution in [2.24, 2.45) is 5.92 Å². The molecule has 0 spiro atoms. The van der Waals surface area contributed by atoms with E-state index in [1.54, 1.807) is 0 Å². The minimum atomic E-state index is -0.0376. The molecular weight excluding hydrogens is 326 g/mol. The van der Waals surface area contributed by atoms with Crippen molar-refractivity contribution in [2.75, 3.05) is 13.2 Å². The van der Waals surface area contributed by atoms with Gasteiger partial charge in [0.1, 0.15) is 12.4 Å². The number of hydrogen-bond donors (Lipinski definition) is 2. The zero-order valence-electron chi connectivity index (χ0n) is 13.2. The summed E-state index contributed by atoms with van der Waals surface area (Å²) < 4.78 is 5.48. The van der Waals surface area contributed by atoms with Crippen LogP contribution in [0.25, 0.3) is 0 Å². The molecule has 126 valence electrons. The highest BCUT2D eigenvalue weighted by Gasteiger charge is 2.43. The second kappa shape index (κ2) is 7.69. The lowest BCUT2D eigenvalue weighted by molar-refractivity contribution is -0.122. The van der Waals surface area contributed by atoms with Crippen LogP contribution in [0.15, 0.2) is 48.5 Å². The molecule has 2 unspecified atom stereocenters. The van der Waals surface area contributed by atoms with Gasteiger partial charge in [-0.2, -0.15) is 0 Å². The van der Waals surface area contributed by atoms with Crippen molar-refractivity contribution >= 4 is 17.5 Å². The minimum absolute atomic E-state index is 0.00832. The van der Waals surface area contributed by atoms with Crippen LogP contribution in [0.2, 0.25) is 5.02 Å². The van der Waals surface area contributed by atoms with Crippen LogP contribution in [-0.4, -0.2) is 24.2 Å². The van der Waals surface area contributed by atoms with Crippen LogP contribution in [0.5, 0.6) is 5.75 Å². The molecule has 3 rings (SSSR count). The highest BCUT2D eigenvalue weighted by atomic mass is 35.5. The van der Waals surface area contributed by atoms with E-state index in [-0.39, 0.29) is 31.0 Å². The molecule has 1 fully saturated rings. The standard InChI is InChI=1S/C19H20ClNO3/c20-15-6-3-5-13(10-15)16-11-17(16)19(23)21-12-14-4-1-2-7-18(14)24-9-8-22/h1-7,10,16-17,22H,8-9,11-12H2,(H,21,23). The van der Waals surface area contributed by atoms with Gasteiger partial charge in [-0.15, -0.1) is 0 Å². The molecule has 4 nitrogen and oxygen atoms in total. The number of benzene rings is 2. The van der Waals surface area contributed by atoms with Crippen molar-refractivity contribution in [3.63, 3.8) is 0 Å². The maximum absolute atomic E-state index is 12.3. The van der Waals surface area contributed by atoms with Crippen LogP contribution in [0.3, 0.4) is 0 Å². The van der Waals surface area contributed by atoms with E-state index in [4.69, 9.17) is 21.4 Å². The van der Waals surface area contributed by atoms with E-state index in [9.17, 15) is 4.79 Å². The molecule has 0 saturated heterocycles. The molecule has 0 radical (unpaired) electrons. The Morgan fingerprint density at radius 3 is 2.88 bits per heavy atom. The summed E-state index contributed by atoms with van der Waals surface area (Å²) in [5.41, 5.74) is 2.02. The van der Waals surface area contributed by atoms with Gasteiger partial charge in [-0.1, -0.05) is 41.9 Å². The second-order valence-electron chi connectivity index (χ2n) is 5.90. The number of aliphatic hydroxyl groups is 1. The molecular formula is C19H20ClNO3. The predicted octanol–water partition coefficient (Wildman–Crippen LogP) is 3.13. The fraction of sp³-hybridized carbons (Fsp3) is 0.316. The lowest BCUT2D eigenvalue weighted by atomic mass is 10.1. The first kappa shape index (κ1) is 16.8. The highest BCUT2D eigenvalue weighted by molar-refractivity contribution is 6.30. The smallest absolute Gasteiger partial charge is 0.224 e. The van der Waals surface area contributed by atoms with E-state index < -0.39 is 0 Å². The van der Waals surface area contributed by atoms with Crippen LogP contribution in [-0.2, 0) is 11.3 Å². The van der Waals surface area contributed by atoms with Crippen LogP contribution >= 0.6 is 11.6 Å². The van der Waals surface area contributed by atoms with Gasteiger partial charge in [0, 0.05) is 23.0 Å². The summed E-state index contributed by atoms with van der Waals surface area (Å²) in [5.74, 6) is 1.00. The monoisotopic (exact) mass is 345 g/mol. The molecule has 2 aromatic rings. The number of carbonyl (C=O) groups excluding carboxylic acids is 1. The van der Waals surface area contributed by atoms with E-state index in [0.29, 0.717) is 17.3 Å². The van der Waals surface area contributed by atoms with Gasteiger partial charge in [0.25, 0.3) is 0 Å². The first-order valence-corrected chi connectivity index (χ1v) is 8.41. The van der Waals surface area contributed by atoms with Gasteiger partial charge in [-0.25, -0.2) is 0 Å². The Bertz CT molecular complexity index is 719. The average molecular weight is 346 g/mol. The van der Waals surface area contributed by atoms with Gasteiger partial charge in [0.2, 0.25) is 5.91 Å². The molecule has 2 atom stereocenters. The molecule has 2 aromatic carbocycles. The van der Waals surface area contributed by atoms with Gasteiger partial charge in [-0.05, 0) is 36.1 Å². The minimum Gasteiger partial charge on any atom is -0.491 e. The predicted molar refractivity (Wildman–Crippen MR) is 93.2 cm³/mol. The van der Waals surface area contributed by atoms with E-state index in [1.807, 2.05) is 48.5 Å². The summed E-state index contributed by atoms with van der Waals surface area (Å²) in [4.78, 5) is 12.3. The Morgan fingerprint density at radius 1 is 1.25 bits per heavy atom. The topological polar surface area (TPSA) is 58.6 Å². The molecule has 1 amide bonds. The molecule has 2 N–H and O–H groups in total. The van der Waals surface area contributed by atoms with Crippen LogP contribution < -0.4 is 10.1 Å². The summed E-state index contributed by atoms with van der Waals surface area (Å²) in [7, 11) is 0. The molecule has 1 aliphatic carbocycles. The molecule has 0 bridgehead atoms. The summed E-state index contributed by atoms with van der Waals surface area (Å²) >= 11 is 6.01. The molecule has 0 heterocycles. The Kier molecular flexibility index (Phi) is 5.38. The molecule has 1 aliphatic rings. The van der Waals surface area contributed by atoms with Crippen LogP contribution in [0.1, 0.15) is 23.5 Å². The maximum atomic E-state index is 12.3. The summed E-state index contributed by atoms with van der Waals surface area (Å²) in [6.45, 7) is 0.619. The van der Waals surface area contributed by atoms with Gasteiger partial charge in [0.05, 0.1) is 6.61 Å². The highest BCUT2D eigenvalue weighted by Crippen LogP contribution is 2.48. The lowest BCUT2D eigenvalue weighted by Gasteiger charge is -2.11. The van der Waals surface area contributed by atoms with Gasteiger partial charge in [0.15, 0.2) is 0 Å². The molecule has 24 heavy (non-hydrogen) atoms. The van der Waals surface area contributed by atoms with E-state index in [0.717, 1.165) is 17.5 Å². The number of nitrogens with one attached hydrogen (secondary N) is 1. The Hall–Kier alpha value is -2.04. The van der Waals surface area contributed by atoms with E-state index >= 15 is 0 Å². The van der Waals surface area contributed by atoms with Gasteiger partial charge < -0.3 is 15.2 Å². The zero-order valence-corrected chi connectivity index (χ0v) is 14.0. The molecule has 0 aliphatic heterocycles. The van der Waals surface area contributed by atoms with Gasteiger partial charge >= 0.3 is 0 Å². The Balaban J connectivity index is 1.56. The molecule has 5 heteroatoms. The Morgan fingerprint density at radius 2 is 2.08 bits per heavy atom. The summed E-state index contributed by atoms with van der Waals surface area (Å²) in [6, 6.07) is 15.2. The number of amides is 1. The summed E-state index contributed by atoms with van der Waals surface area (Å²) in [6.07, 6.45) is 0.856. The molecule has 1 saturated carbocycles. The SMILES string of the molecule is O=C(NCc1ccccc1OCCO)C1CC1c1cccc(Cl)c1. The number of ether oxygens (including phenoxy) is 1. The fourth-order valence-corrected chi connectivity index (χ4v) is 3.05. The van der Waals surface area contributed by atoms with Crippen molar-refractivity contribution < 1.29 is 14.6 Å². The Labute approximate surface area is 146 Å². The first-order chi connectivity index (χ1) is 11.7. The number of rotatable bonds is 7. The van der Waals surface area contributed by atoms with Gasteiger partial charge in [-0.3, -0.25) is 4.79 Å². The quantitative estimate of drug-likeness (QED) is 0.810. The fourth-order valence-electron chi connectivity index (χ4n) is 2.85. The third kappa shape index (κ3) is 4.08. The van der Waals surface area contributed by atoms with Crippen molar-refractivity contribution in [3.8, 4) is 5.75 Å². The largest absolute Gasteiger partial charge is 0.491 e. The maximum Gasteiger partial charge on any atom is 0.224 e. The number of aliphatic hydroxyl groups excluding tert-OH is 1. The normalized spacial score (nSPS) is 18.9. The van der Waals surface area contributed by atoms with Crippen molar-refractivity contribution in [3.05, 3.63) is 64.7 Å². The number of para-hydroxylation sites is 1. The average Bonchev–Trinajstić information content (AvgIpc) is 3.39. The third-order valence-corrected chi connectivity index (χ3v) is 4.41. The van der Waals surface area contributed by atoms with Crippen molar-refractivity contribution in [1.29, 1.82) is 0 Å². The first-order valence-electron chi connectivity index (χ1n) is 8.04. The number of hydrogen-bond acceptors (Lipinski definition) is 3. The summed E-state index contributed by atoms with van der Waals surface area (Å²) in [5, 5.41) is 12.6. The van der Waals surface area contributed by atoms with Crippen molar-refractivity contribution in [2.45, 2.75) is 18.9 Å². The lowest BCUT2D eigenvalue weighted by Crippen LogP contribution is -2.25.